The molecule has 0 aliphatic heterocycles. The molecule has 1 aromatic heterocycles. The normalized spacial score (nSPS) is 11.5. The van der Waals surface area contributed by atoms with Crippen LogP contribution in [0.15, 0.2) is 24.3 Å². The summed E-state index contributed by atoms with van der Waals surface area (Å²) in [6.07, 6.45) is -5.00. The average Bonchev–Trinajstić information content (AvgIpc) is 2.76. The van der Waals surface area contributed by atoms with Crippen LogP contribution in [-0.2, 0) is 6.18 Å². The van der Waals surface area contributed by atoms with E-state index >= 15 is 0 Å². The second kappa shape index (κ2) is 5.24. The van der Waals surface area contributed by atoms with Gasteiger partial charge in [0.25, 0.3) is 0 Å². The Bertz CT molecular complexity index is 700. The van der Waals surface area contributed by atoms with Gasteiger partial charge in [-0.05, 0) is 12.1 Å². The lowest BCUT2D eigenvalue weighted by molar-refractivity contribution is -0.388. The lowest BCUT2D eigenvalue weighted by atomic mass is 10.3. The molecule has 0 saturated carbocycles. The van der Waals surface area contributed by atoms with E-state index in [0.29, 0.717) is 4.68 Å². The Hall–Kier alpha value is -2.29. The summed E-state index contributed by atoms with van der Waals surface area (Å²) >= 11 is 5.70. The van der Waals surface area contributed by atoms with Gasteiger partial charge in [-0.2, -0.15) is 18.3 Å². The zero-order valence-corrected chi connectivity index (χ0v) is 11.1. The molecular weight excluding hydrogens is 315 g/mol. The summed E-state index contributed by atoms with van der Waals surface area (Å²) in [5.41, 5.74) is -2.90. The summed E-state index contributed by atoms with van der Waals surface area (Å²) in [6, 6.07) is 5.93. The van der Waals surface area contributed by atoms with E-state index in [1.807, 2.05) is 0 Å². The first-order valence-electron chi connectivity index (χ1n) is 5.41. The lowest BCUT2D eigenvalue weighted by Crippen LogP contribution is -2.09. The number of alkyl halides is 3. The highest BCUT2D eigenvalue weighted by Gasteiger charge is 2.45. The van der Waals surface area contributed by atoms with Gasteiger partial charge in [0.05, 0.1) is 12.0 Å². The third-order valence-corrected chi connectivity index (χ3v) is 2.91. The SMILES string of the molecule is COc1ccccc1-n1nc(C(F)(F)F)c([N+](=O)[O-])c1Cl. The van der Waals surface area contributed by atoms with Crippen LogP contribution in [0.25, 0.3) is 5.69 Å². The maximum absolute atomic E-state index is 12.8. The molecule has 0 spiro atoms. The van der Waals surface area contributed by atoms with Gasteiger partial charge in [-0.3, -0.25) is 10.1 Å². The van der Waals surface area contributed by atoms with Crippen LogP contribution in [0.4, 0.5) is 18.9 Å². The number of aromatic nitrogens is 2. The van der Waals surface area contributed by atoms with Crippen molar-refractivity contribution in [2.75, 3.05) is 7.11 Å². The van der Waals surface area contributed by atoms with Crippen molar-refractivity contribution in [1.82, 2.24) is 9.78 Å². The number of nitro groups is 1. The molecule has 1 aromatic carbocycles. The fraction of sp³-hybridized carbons (Fsp3) is 0.182. The molecule has 10 heteroatoms. The largest absolute Gasteiger partial charge is 0.494 e. The van der Waals surface area contributed by atoms with E-state index in [0.717, 1.165) is 0 Å². The molecule has 0 saturated heterocycles. The van der Waals surface area contributed by atoms with E-state index < -0.39 is 27.6 Å². The summed E-state index contributed by atoms with van der Waals surface area (Å²) in [5, 5.41) is 13.3. The van der Waals surface area contributed by atoms with Crippen LogP contribution in [0.3, 0.4) is 0 Å². The molecular formula is C11H7ClF3N3O3. The Morgan fingerprint density at radius 1 is 1.38 bits per heavy atom. The second-order valence-corrected chi connectivity index (χ2v) is 4.18. The summed E-state index contributed by atoms with van der Waals surface area (Å²) in [6.45, 7) is 0. The van der Waals surface area contributed by atoms with Gasteiger partial charge in [-0.25, -0.2) is 4.68 Å². The number of benzene rings is 1. The molecule has 0 unspecified atom stereocenters. The zero-order chi connectivity index (χ0) is 15.8. The molecule has 0 radical (unpaired) electrons. The van der Waals surface area contributed by atoms with Crippen molar-refractivity contribution < 1.29 is 22.8 Å². The Morgan fingerprint density at radius 3 is 2.48 bits per heavy atom. The summed E-state index contributed by atoms with van der Waals surface area (Å²) < 4.78 is 44.1. The van der Waals surface area contributed by atoms with Crippen LogP contribution >= 0.6 is 11.6 Å². The monoisotopic (exact) mass is 321 g/mol. The first kappa shape index (κ1) is 15.1. The molecule has 2 rings (SSSR count). The van der Waals surface area contributed by atoms with Crippen molar-refractivity contribution in [3.8, 4) is 11.4 Å². The van der Waals surface area contributed by atoms with E-state index in [1.165, 1.54) is 25.3 Å². The minimum atomic E-state index is -5.00. The number of methoxy groups -OCH3 is 1. The van der Waals surface area contributed by atoms with Crippen molar-refractivity contribution in [3.05, 3.63) is 45.2 Å². The van der Waals surface area contributed by atoms with Crippen LogP contribution in [0.2, 0.25) is 5.15 Å². The highest BCUT2D eigenvalue weighted by atomic mass is 35.5. The average molecular weight is 322 g/mol. The van der Waals surface area contributed by atoms with Gasteiger partial charge >= 0.3 is 11.9 Å². The molecule has 0 aliphatic rings. The summed E-state index contributed by atoms with van der Waals surface area (Å²) in [7, 11) is 1.30. The van der Waals surface area contributed by atoms with E-state index in [-0.39, 0.29) is 11.4 Å². The van der Waals surface area contributed by atoms with Crippen molar-refractivity contribution in [1.29, 1.82) is 0 Å². The maximum Gasteiger partial charge on any atom is 0.442 e. The van der Waals surface area contributed by atoms with Gasteiger partial charge in [-0.15, -0.1) is 0 Å². The Labute approximate surface area is 120 Å². The first-order chi connectivity index (χ1) is 9.77. The number of hydrogen-bond donors (Lipinski definition) is 0. The van der Waals surface area contributed by atoms with Crippen molar-refractivity contribution >= 4 is 17.3 Å². The van der Waals surface area contributed by atoms with E-state index in [9.17, 15) is 23.3 Å². The molecule has 21 heavy (non-hydrogen) atoms. The van der Waals surface area contributed by atoms with Crippen LogP contribution in [-0.4, -0.2) is 21.8 Å². The van der Waals surface area contributed by atoms with Gasteiger partial charge in [0.15, 0.2) is 0 Å². The van der Waals surface area contributed by atoms with Crippen LogP contribution < -0.4 is 4.74 Å². The third-order valence-electron chi connectivity index (χ3n) is 2.57. The Balaban J connectivity index is 2.75. The standard InChI is InChI=1S/C11H7ClF3N3O3/c1-21-7-5-3-2-4-6(7)17-10(12)8(18(19)20)9(16-17)11(13,14)15/h2-5H,1H3. The molecule has 0 amide bonds. The molecule has 0 fully saturated rings. The molecule has 1 heterocycles. The van der Waals surface area contributed by atoms with E-state index in [4.69, 9.17) is 16.3 Å². The highest BCUT2D eigenvalue weighted by Crippen LogP contribution is 2.41. The number of rotatable bonds is 3. The number of nitrogens with zero attached hydrogens (tertiary/aromatic N) is 3. The maximum atomic E-state index is 12.8. The van der Waals surface area contributed by atoms with Gasteiger partial charge in [0.2, 0.25) is 10.8 Å². The van der Waals surface area contributed by atoms with Crippen molar-refractivity contribution in [2.24, 2.45) is 0 Å². The minimum Gasteiger partial charge on any atom is -0.494 e. The number of ether oxygens (including phenoxy) is 1. The first-order valence-corrected chi connectivity index (χ1v) is 5.78. The van der Waals surface area contributed by atoms with Gasteiger partial charge in [0, 0.05) is 0 Å². The van der Waals surface area contributed by atoms with E-state index in [2.05, 4.69) is 5.10 Å². The molecule has 0 bridgehead atoms. The number of para-hydroxylation sites is 2. The van der Waals surface area contributed by atoms with Crippen LogP contribution in [0, 0.1) is 10.1 Å². The summed E-state index contributed by atoms with van der Waals surface area (Å²) in [4.78, 5) is 9.61. The molecule has 112 valence electrons. The topological polar surface area (TPSA) is 70.2 Å². The smallest absolute Gasteiger partial charge is 0.442 e. The minimum absolute atomic E-state index is 0.0589. The Kier molecular flexibility index (Phi) is 3.77. The zero-order valence-electron chi connectivity index (χ0n) is 10.4. The molecule has 0 N–H and O–H groups in total. The number of hydrogen-bond acceptors (Lipinski definition) is 4. The van der Waals surface area contributed by atoms with Gasteiger partial charge in [-0.1, -0.05) is 23.7 Å². The molecule has 0 aliphatic carbocycles. The molecule has 6 nitrogen and oxygen atoms in total. The van der Waals surface area contributed by atoms with Crippen LogP contribution in [0.5, 0.6) is 5.75 Å². The Morgan fingerprint density at radius 2 is 2.00 bits per heavy atom. The fourth-order valence-electron chi connectivity index (χ4n) is 1.71. The third kappa shape index (κ3) is 2.64. The predicted octanol–water partition coefficient (Wildman–Crippen LogP) is 3.46. The van der Waals surface area contributed by atoms with Gasteiger partial charge in [0.1, 0.15) is 11.4 Å². The quantitative estimate of drug-likeness (QED) is 0.641. The molecule has 2 aromatic rings. The lowest BCUT2D eigenvalue weighted by Gasteiger charge is -2.08. The van der Waals surface area contributed by atoms with Crippen molar-refractivity contribution in [2.45, 2.75) is 6.18 Å². The van der Waals surface area contributed by atoms with Crippen molar-refractivity contribution in [3.63, 3.8) is 0 Å². The van der Waals surface area contributed by atoms with E-state index in [1.54, 1.807) is 6.07 Å². The fourth-order valence-corrected chi connectivity index (χ4v) is 1.99. The predicted molar refractivity (Wildman–Crippen MR) is 66.8 cm³/mol. The van der Waals surface area contributed by atoms with Gasteiger partial charge < -0.3 is 4.74 Å². The number of halogens is 4. The molecule has 0 atom stereocenters. The highest BCUT2D eigenvalue weighted by molar-refractivity contribution is 6.32. The second-order valence-electron chi connectivity index (χ2n) is 3.83. The van der Waals surface area contributed by atoms with Crippen LogP contribution in [0.1, 0.15) is 5.69 Å². The summed E-state index contributed by atoms with van der Waals surface area (Å²) in [5.74, 6) is 0.172.